The minimum atomic E-state index is 0. The summed E-state index contributed by atoms with van der Waals surface area (Å²) >= 11 is 0. The third kappa shape index (κ3) is 5.39. The van der Waals surface area contributed by atoms with E-state index in [0.29, 0.717) is 0 Å². The van der Waals surface area contributed by atoms with E-state index in [1.165, 1.54) is 47.5 Å². The number of hydrogen-bond acceptors (Lipinski definition) is 0. The number of aromatic nitrogens is 2. The van der Waals surface area contributed by atoms with Crippen LogP contribution in [0.5, 0.6) is 0 Å². The summed E-state index contributed by atoms with van der Waals surface area (Å²) < 4.78 is 4.77. The van der Waals surface area contributed by atoms with E-state index in [9.17, 15) is 0 Å². The van der Waals surface area contributed by atoms with E-state index >= 15 is 0 Å². The Morgan fingerprint density at radius 1 is 0.464 bits per heavy atom. The fraction of sp³-hybridized carbons (Fsp3) is 0.250. The molecule has 2 aromatic carbocycles. The first-order valence-electron chi connectivity index (χ1n) is 9.66. The molecule has 2 aromatic heterocycles. The van der Waals surface area contributed by atoms with Gasteiger partial charge in [-0.2, -0.15) is 9.13 Å². The van der Waals surface area contributed by atoms with Crippen LogP contribution in [0.4, 0.5) is 0 Å². The van der Waals surface area contributed by atoms with Crippen molar-refractivity contribution in [1.82, 2.24) is 0 Å². The minimum absolute atomic E-state index is 0. The van der Waals surface area contributed by atoms with Gasteiger partial charge in [-0.1, -0.05) is 24.3 Å². The van der Waals surface area contributed by atoms with Crippen molar-refractivity contribution in [3.8, 4) is 0 Å². The van der Waals surface area contributed by atoms with Crippen LogP contribution in [0.2, 0.25) is 0 Å². The molecule has 0 aliphatic rings. The summed E-state index contributed by atoms with van der Waals surface area (Å²) in [5, 5.41) is 2.64. The first kappa shape index (κ1) is 22.5. The zero-order valence-electron chi connectivity index (χ0n) is 16.0. The van der Waals surface area contributed by atoms with E-state index < -0.39 is 0 Å². The van der Waals surface area contributed by atoms with Crippen LogP contribution in [0, 0.1) is 0 Å². The molecule has 0 radical (unpaired) electrons. The van der Waals surface area contributed by atoms with Gasteiger partial charge in [0.2, 0.25) is 11.0 Å². The number of unbranched alkanes of at least 4 members (excludes halogenated alkanes) is 3. The highest BCUT2D eigenvalue weighted by atomic mass is 79.9. The molecular weight excluding hydrogens is 476 g/mol. The Kier molecular flexibility index (Phi) is 9.07. The number of rotatable bonds is 7. The van der Waals surface area contributed by atoms with Crippen molar-refractivity contribution in [1.29, 1.82) is 0 Å². The lowest BCUT2D eigenvalue weighted by atomic mass is 10.1. The topological polar surface area (TPSA) is 7.76 Å². The van der Waals surface area contributed by atoms with E-state index in [1.54, 1.807) is 0 Å². The Balaban J connectivity index is 0.00000140. The summed E-state index contributed by atoms with van der Waals surface area (Å²) in [6.45, 7) is 2.20. The number of benzene rings is 2. The highest BCUT2D eigenvalue weighted by molar-refractivity contribution is 5.75. The van der Waals surface area contributed by atoms with Gasteiger partial charge in [0.25, 0.3) is 0 Å². The molecule has 0 spiro atoms. The third-order valence-electron chi connectivity index (χ3n) is 5.12. The van der Waals surface area contributed by atoms with Crippen molar-refractivity contribution in [2.24, 2.45) is 0 Å². The van der Waals surface area contributed by atoms with Crippen molar-refractivity contribution in [3.63, 3.8) is 0 Å². The summed E-state index contributed by atoms with van der Waals surface area (Å²) in [6, 6.07) is 26.0. The fourth-order valence-corrected chi connectivity index (χ4v) is 3.75. The molecule has 4 heteroatoms. The summed E-state index contributed by atoms with van der Waals surface area (Å²) in [4.78, 5) is 0. The summed E-state index contributed by atoms with van der Waals surface area (Å²) in [5.74, 6) is 0. The van der Waals surface area contributed by atoms with E-state index in [4.69, 9.17) is 0 Å². The molecule has 0 atom stereocenters. The zero-order chi connectivity index (χ0) is 17.6. The Bertz CT molecular complexity index is 923. The summed E-state index contributed by atoms with van der Waals surface area (Å²) in [6.07, 6.45) is 9.43. The van der Waals surface area contributed by atoms with E-state index in [2.05, 4.69) is 94.3 Å². The van der Waals surface area contributed by atoms with Gasteiger partial charge in [-0.3, -0.25) is 0 Å². The van der Waals surface area contributed by atoms with Gasteiger partial charge in [-0.05, 0) is 37.1 Å². The second kappa shape index (κ2) is 11.3. The number of hydrogen-bond donors (Lipinski definition) is 0. The smallest absolute Gasteiger partial charge is 0.212 e. The van der Waals surface area contributed by atoms with Crippen LogP contribution in [0.25, 0.3) is 21.8 Å². The lowest BCUT2D eigenvalue weighted by Gasteiger charge is -2.03. The molecule has 0 saturated carbocycles. The minimum Gasteiger partial charge on any atom is -1.00 e. The van der Waals surface area contributed by atoms with Gasteiger partial charge >= 0.3 is 0 Å². The molecule has 0 fully saturated rings. The predicted molar refractivity (Wildman–Crippen MR) is 107 cm³/mol. The summed E-state index contributed by atoms with van der Waals surface area (Å²) in [7, 11) is 0. The van der Waals surface area contributed by atoms with Gasteiger partial charge in [-0.25, -0.2) is 0 Å². The molecule has 0 aliphatic heterocycles. The van der Waals surface area contributed by atoms with Gasteiger partial charge in [0.1, 0.15) is 13.1 Å². The quantitative estimate of drug-likeness (QED) is 0.223. The monoisotopic (exact) mass is 500 g/mol. The maximum atomic E-state index is 2.38. The van der Waals surface area contributed by atoms with Gasteiger partial charge in [0, 0.05) is 47.9 Å². The van der Waals surface area contributed by atoms with Gasteiger partial charge in [0.15, 0.2) is 12.4 Å². The van der Waals surface area contributed by atoms with Gasteiger partial charge < -0.3 is 34.0 Å². The van der Waals surface area contributed by atoms with Crippen LogP contribution >= 0.6 is 0 Å². The standard InChI is InChI=1S/C24H26N2.2BrH/c1(7-17-25-19-9-13-21-11-3-5-15-23(21)25)2-8-18-26-20-10-14-22-12-4-6-16-24(22)26;;/h3-6,9-16,19-20H,1-2,7-8,17-18H2;2*1H/q+2;;/p-2. The first-order chi connectivity index (χ1) is 12.9. The van der Waals surface area contributed by atoms with Crippen molar-refractivity contribution >= 4 is 21.8 Å². The molecular formula is C24H26Br2N2. The van der Waals surface area contributed by atoms with Crippen molar-refractivity contribution in [3.05, 3.63) is 85.2 Å². The van der Waals surface area contributed by atoms with Gasteiger partial charge in [-0.15, -0.1) is 0 Å². The fourth-order valence-electron chi connectivity index (χ4n) is 3.75. The molecule has 4 aromatic rings. The highest BCUT2D eigenvalue weighted by Crippen LogP contribution is 2.10. The van der Waals surface area contributed by atoms with E-state index in [0.717, 1.165) is 13.1 Å². The van der Waals surface area contributed by atoms with Crippen LogP contribution in [-0.2, 0) is 13.1 Å². The molecule has 0 saturated heterocycles. The number of para-hydroxylation sites is 2. The van der Waals surface area contributed by atoms with Gasteiger partial charge in [0.05, 0.1) is 0 Å². The molecule has 0 unspecified atom stereocenters. The maximum absolute atomic E-state index is 2.38. The molecule has 0 bridgehead atoms. The third-order valence-corrected chi connectivity index (χ3v) is 5.12. The van der Waals surface area contributed by atoms with Crippen LogP contribution < -0.4 is 43.1 Å². The first-order valence-corrected chi connectivity index (χ1v) is 9.66. The van der Waals surface area contributed by atoms with Crippen LogP contribution in [0.3, 0.4) is 0 Å². The number of aryl methyl sites for hydroxylation is 2. The number of nitrogens with zero attached hydrogens (tertiary/aromatic N) is 2. The average Bonchev–Trinajstić information content (AvgIpc) is 2.71. The molecule has 0 aliphatic carbocycles. The Labute approximate surface area is 188 Å². The van der Waals surface area contributed by atoms with Crippen molar-refractivity contribution in [2.45, 2.75) is 38.8 Å². The average molecular weight is 502 g/mol. The van der Waals surface area contributed by atoms with Crippen molar-refractivity contribution in [2.75, 3.05) is 0 Å². The summed E-state index contributed by atoms with van der Waals surface area (Å²) in [5.41, 5.74) is 2.67. The van der Waals surface area contributed by atoms with E-state index in [1.807, 2.05) is 0 Å². The number of pyridine rings is 2. The molecule has 0 N–H and O–H groups in total. The second-order valence-electron chi connectivity index (χ2n) is 6.94. The largest absolute Gasteiger partial charge is 1.00 e. The number of halogens is 2. The molecule has 4 rings (SSSR count). The Morgan fingerprint density at radius 3 is 1.32 bits per heavy atom. The molecule has 2 nitrogen and oxygen atoms in total. The van der Waals surface area contributed by atoms with Crippen LogP contribution in [0.1, 0.15) is 25.7 Å². The highest BCUT2D eigenvalue weighted by Gasteiger charge is 2.08. The SMILES string of the molecule is [Br-].[Br-].c1ccc2c(c1)ccc[n+]2CCCCCC[n+]1cccc2ccccc21. The molecule has 28 heavy (non-hydrogen) atoms. The lowest BCUT2D eigenvalue weighted by Crippen LogP contribution is -3.00. The zero-order valence-corrected chi connectivity index (χ0v) is 19.1. The van der Waals surface area contributed by atoms with Crippen LogP contribution in [-0.4, -0.2) is 0 Å². The number of fused-ring (bicyclic) bond motifs is 2. The maximum Gasteiger partial charge on any atom is 0.212 e. The van der Waals surface area contributed by atoms with Crippen LogP contribution in [0.15, 0.2) is 85.2 Å². The Hall–Kier alpha value is -1.78. The second-order valence-corrected chi connectivity index (χ2v) is 6.94. The van der Waals surface area contributed by atoms with E-state index in [-0.39, 0.29) is 34.0 Å². The Morgan fingerprint density at radius 2 is 0.857 bits per heavy atom. The lowest BCUT2D eigenvalue weighted by molar-refractivity contribution is -0.673. The molecule has 0 amide bonds. The normalized spacial score (nSPS) is 10.4. The molecule has 2 heterocycles. The predicted octanol–water partition coefficient (Wildman–Crippen LogP) is -1.16. The van der Waals surface area contributed by atoms with Crippen molar-refractivity contribution < 1.29 is 43.1 Å². The molecule has 146 valence electrons.